The van der Waals surface area contributed by atoms with Crippen LogP contribution < -0.4 is 5.32 Å². The molecule has 1 fully saturated rings. The molecule has 0 aromatic carbocycles. The summed E-state index contributed by atoms with van der Waals surface area (Å²) in [6.45, 7) is 5.01. The number of rotatable bonds is 3. The second-order valence-corrected chi connectivity index (χ2v) is 5.09. The summed E-state index contributed by atoms with van der Waals surface area (Å²) >= 11 is 0. The van der Waals surface area contributed by atoms with Crippen molar-refractivity contribution in [3.05, 3.63) is 11.3 Å². The lowest BCUT2D eigenvalue weighted by Gasteiger charge is -2.26. The Kier molecular flexibility index (Phi) is 2.76. The zero-order valence-electron chi connectivity index (χ0n) is 10.9. The quantitative estimate of drug-likeness (QED) is 0.834. The van der Waals surface area contributed by atoms with Crippen LogP contribution in [0.4, 0.5) is 5.82 Å². The number of nitrogens with one attached hydrogen (secondary N) is 1. The van der Waals surface area contributed by atoms with Crippen LogP contribution in [0.3, 0.4) is 0 Å². The van der Waals surface area contributed by atoms with Crippen LogP contribution in [0.25, 0.3) is 0 Å². The van der Waals surface area contributed by atoms with E-state index in [-0.39, 0.29) is 5.97 Å². The standard InChI is InChI=1S/C13H19N3O2/c1-3-18-13(17)11-8(2)15-16-10(9-4-5-9)6-7-14-12(11)16/h9-10,14H,3-7H2,1-2H3. The van der Waals surface area contributed by atoms with Crippen LogP contribution >= 0.6 is 0 Å². The highest BCUT2D eigenvalue weighted by Gasteiger charge is 2.38. The Morgan fingerprint density at radius 3 is 2.94 bits per heavy atom. The summed E-state index contributed by atoms with van der Waals surface area (Å²) in [5, 5.41) is 7.85. The van der Waals surface area contributed by atoms with E-state index in [0.29, 0.717) is 18.2 Å². The number of fused-ring (bicyclic) bond motifs is 1. The number of carbonyl (C=O) groups excluding carboxylic acids is 1. The van der Waals surface area contributed by atoms with Crippen LogP contribution in [0.1, 0.15) is 48.3 Å². The second kappa shape index (κ2) is 4.30. The Labute approximate surface area is 107 Å². The Bertz CT molecular complexity index is 477. The molecule has 1 N–H and O–H groups in total. The third-order valence-corrected chi connectivity index (χ3v) is 3.78. The fraction of sp³-hybridized carbons (Fsp3) is 0.692. The Morgan fingerprint density at radius 1 is 1.50 bits per heavy atom. The highest BCUT2D eigenvalue weighted by molar-refractivity contribution is 5.96. The van der Waals surface area contributed by atoms with Gasteiger partial charge in [-0.05, 0) is 39.0 Å². The minimum atomic E-state index is -0.264. The van der Waals surface area contributed by atoms with Gasteiger partial charge in [0.15, 0.2) is 0 Å². The second-order valence-electron chi connectivity index (χ2n) is 5.09. The summed E-state index contributed by atoms with van der Waals surface area (Å²) in [5.41, 5.74) is 1.38. The molecular weight excluding hydrogens is 230 g/mol. The maximum atomic E-state index is 12.0. The van der Waals surface area contributed by atoms with Gasteiger partial charge in [-0.15, -0.1) is 0 Å². The number of aryl methyl sites for hydroxylation is 1. The number of carbonyl (C=O) groups is 1. The van der Waals surface area contributed by atoms with Crippen molar-refractivity contribution in [1.29, 1.82) is 0 Å². The van der Waals surface area contributed by atoms with Gasteiger partial charge in [-0.2, -0.15) is 5.10 Å². The molecule has 98 valence electrons. The average Bonchev–Trinajstić information content (AvgIpc) is 3.11. The van der Waals surface area contributed by atoms with Crippen molar-refractivity contribution < 1.29 is 9.53 Å². The highest BCUT2D eigenvalue weighted by atomic mass is 16.5. The van der Waals surface area contributed by atoms with Crippen LogP contribution in [-0.4, -0.2) is 28.9 Å². The van der Waals surface area contributed by atoms with E-state index in [4.69, 9.17) is 4.74 Å². The molecule has 1 saturated carbocycles. The van der Waals surface area contributed by atoms with E-state index in [9.17, 15) is 4.79 Å². The first-order valence-corrected chi connectivity index (χ1v) is 6.72. The molecule has 5 heteroatoms. The molecule has 1 atom stereocenters. The lowest BCUT2D eigenvalue weighted by Crippen LogP contribution is -2.26. The third-order valence-electron chi connectivity index (χ3n) is 3.78. The smallest absolute Gasteiger partial charge is 0.343 e. The molecule has 0 saturated heterocycles. The molecule has 3 rings (SSSR count). The minimum Gasteiger partial charge on any atom is -0.462 e. The van der Waals surface area contributed by atoms with Crippen molar-refractivity contribution in [2.24, 2.45) is 5.92 Å². The normalized spacial score (nSPS) is 22.2. The van der Waals surface area contributed by atoms with E-state index in [1.54, 1.807) is 0 Å². The Hall–Kier alpha value is -1.52. The molecular formula is C13H19N3O2. The van der Waals surface area contributed by atoms with Gasteiger partial charge in [0, 0.05) is 6.54 Å². The molecule has 1 unspecified atom stereocenters. The molecule has 1 aliphatic heterocycles. The minimum absolute atomic E-state index is 0.264. The summed E-state index contributed by atoms with van der Waals surface area (Å²) in [6.07, 6.45) is 3.68. The fourth-order valence-electron chi connectivity index (χ4n) is 2.78. The van der Waals surface area contributed by atoms with Crippen molar-refractivity contribution in [2.75, 3.05) is 18.5 Å². The van der Waals surface area contributed by atoms with Gasteiger partial charge in [0.25, 0.3) is 0 Å². The van der Waals surface area contributed by atoms with Crippen molar-refractivity contribution in [3.63, 3.8) is 0 Å². The van der Waals surface area contributed by atoms with E-state index in [1.165, 1.54) is 12.8 Å². The van der Waals surface area contributed by atoms with Gasteiger partial charge in [-0.3, -0.25) is 0 Å². The molecule has 2 heterocycles. The first-order chi connectivity index (χ1) is 8.72. The van der Waals surface area contributed by atoms with Gasteiger partial charge in [0.1, 0.15) is 11.4 Å². The van der Waals surface area contributed by atoms with E-state index in [2.05, 4.69) is 10.4 Å². The largest absolute Gasteiger partial charge is 0.462 e. The molecule has 0 amide bonds. The maximum absolute atomic E-state index is 12.0. The average molecular weight is 249 g/mol. The van der Waals surface area contributed by atoms with Gasteiger partial charge in [-0.25, -0.2) is 9.48 Å². The molecule has 2 aliphatic rings. The van der Waals surface area contributed by atoms with Crippen LogP contribution in [0, 0.1) is 12.8 Å². The summed E-state index contributed by atoms with van der Waals surface area (Å²) in [7, 11) is 0. The number of aromatic nitrogens is 2. The highest BCUT2D eigenvalue weighted by Crippen LogP contribution is 2.44. The maximum Gasteiger partial charge on any atom is 0.343 e. The third kappa shape index (κ3) is 1.78. The zero-order valence-corrected chi connectivity index (χ0v) is 10.9. The van der Waals surface area contributed by atoms with Gasteiger partial charge < -0.3 is 10.1 Å². The summed E-state index contributed by atoms with van der Waals surface area (Å²) in [4.78, 5) is 12.0. The molecule has 18 heavy (non-hydrogen) atoms. The molecule has 0 radical (unpaired) electrons. The molecule has 0 spiro atoms. The van der Waals surface area contributed by atoms with Gasteiger partial charge in [0.05, 0.1) is 18.3 Å². The van der Waals surface area contributed by atoms with E-state index < -0.39 is 0 Å². The van der Waals surface area contributed by atoms with Crippen LogP contribution in [-0.2, 0) is 4.74 Å². The SMILES string of the molecule is CCOC(=O)c1c(C)nn2c1NCCC2C1CC1. The van der Waals surface area contributed by atoms with Gasteiger partial charge >= 0.3 is 5.97 Å². The monoisotopic (exact) mass is 249 g/mol. The van der Waals surface area contributed by atoms with E-state index in [1.807, 2.05) is 18.5 Å². The first kappa shape index (κ1) is 11.6. The van der Waals surface area contributed by atoms with Crippen LogP contribution in [0.15, 0.2) is 0 Å². The number of ether oxygens (including phenoxy) is 1. The number of hydrogen-bond acceptors (Lipinski definition) is 4. The fourth-order valence-corrected chi connectivity index (χ4v) is 2.78. The number of anilines is 1. The predicted octanol–water partition coefficient (Wildman–Crippen LogP) is 2.13. The van der Waals surface area contributed by atoms with E-state index in [0.717, 1.165) is 30.4 Å². The lowest BCUT2D eigenvalue weighted by atomic mass is 10.1. The first-order valence-electron chi connectivity index (χ1n) is 6.72. The molecule has 5 nitrogen and oxygen atoms in total. The van der Waals surface area contributed by atoms with Crippen LogP contribution in [0.5, 0.6) is 0 Å². The molecule has 1 aromatic rings. The Morgan fingerprint density at radius 2 is 2.28 bits per heavy atom. The molecule has 1 aliphatic carbocycles. The summed E-state index contributed by atoms with van der Waals surface area (Å²) < 4.78 is 7.13. The van der Waals surface area contributed by atoms with Gasteiger partial charge in [0.2, 0.25) is 0 Å². The van der Waals surface area contributed by atoms with Crippen molar-refractivity contribution >= 4 is 11.8 Å². The number of hydrogen-bond donors (Lipinski definition) is 1. The Balaban J connectivity index is 1.98. The van der Waals surface area contributed by atoms with Crippen molar-refractivity contribution in [3.8, 4) is 0 Å². The summed E-state index contributed by atoms with van der Waals surface area (Å²) in [6, 6.07) is 0.461. The number of esters is 1. The molecule has 0 bridgehead atoms. The summed E-state index contributed by atoms with van der Waals surface area (Å²) in [5.74, 6) is 1.34. The molecule has 1 aromatic heterocycles. The van der Waals surface area contributed by atoms with Crippen molar-refractivity contribution in [1.82, 2.24) is 9.78 Å². The number of nitrogens with zero attached hydrogens (tertiary/aromatic N) is 2. The van der Waals surface area contributed by atoms with Crippen molar-refractivity contribution in [2.45, 2.75) is 39.2 Å². The van der Waals surface area contributed by atoms with Gasteiger partial charge in [-0.1, -0.05) is 0 Å². The van der Waals surface area contributed by atoms with Crippen LogP contribution in [0.2, 0.25) is 0 Å². The predicted molar refractivity (Wildman–Crippen MR) is 67.8 cm³/mol. The zero-order chi connectivity index (χ0) is 12.7. The lowest BCUT2D eigenvalue weighted by molar-refractivity contribution is 0.0526. The topological polar surface area (TPSA) is 56.1 Å². The van der Waals surface area contributed by atoms with E-state index >= 15 is 0 Å².